The van der Waals surface area contributed by atoms with Gasteiger partial charge in [-0.3, -0.25) is 9.69 Å². The van der Waals surface area contributed by atoms with Crippen LogP contribution in [-0.2, 0) is 11.3 Å². The summed E-state index contributed by atoms with van der Waals surface area (Å²) >= 11 is 1.16. The summed E-state index contributed by atoms with van der Waals surface area (Å²) in [5.41, 5.74) is 7.09. The maximum Gasteiger partial charge on any atom is 0.341 e. The van der Waals surface area contributed by atoms with E-state index in [9.17, 15) is 9.59 Å². The number of carbonyl (C=O) groups is 2. The predicted molar refractivity (Wildman–Crippen MR) is 96.3 cm³/mol. The van der Waals surface area contributed by atoms with Crippen molar-refractivity contribution in [2.75, 3.05) is 32.5 Å². The van der Waals surface area contributed by atoms with Gasteiger partial charge >= 0.3 is 5.97 Å². The van der Waals surface area contributed by atoms with Crippen LogP contribution in [0.4, 0.5) is 5.00 Å². The molecule has 0 bridgehead atoms. The molecule has 0 aliphatic carbocycles. The topological polar surface area (TPSA) is 84.7 Å². The van der Waals surface area contributed by atoms with Gasteiger partial charge in [-0.15, -0.1) is 11.3 Å². The third-order valence-electron chi connectivity index (χ3n) is 4.27. The summed E-state index contributed by atoms with van der Waals surface area (Å²) in [5.74, 6) is 0.531. The van der Waals surface area contributed by atoms with Crippen LogP contribution in [0.5, 0.6) is 0 Å². The largest absolute Gasteiger partial charge is 0.462 e. The zero-order valence-electron chi connectivity index (χ0n) is 14.8. The highest BCUT2D eigenvalue weighted by Crippen LogP contribution is 2.34. The molecule has 1 aliphatic rings. The molecular weight excluding hydrogens is 326 g/mol. The van der Waals surface area contributed by atoms with Crippen LogP contribution in [0.3, 0.4) is 0 Å². The lowest BCUT2D eigenvalue weighted by Gasteiger charge is -2.35. The summed E-state index contributed by atoms with van der Waals surface area (Å²) < 4.78 is 5.15. The summed E-state index contributed by atoms with van der Waals surface area (Å²) in [6.07, 6.45) is 1.20. The lowest BCUT2D eigenvalue weighted by atomic mass is 9.91. The zero-order chi connectivity index (χ0) is 17.9. The van der Waals surface area contributed by atoms with E-state index in [1.165, 1.54) is 6.42 Å². The van der Waals surface area contributed by atoms with Crippen molar-refractivity contribution in [2.24, 2.45) is 11.8 Å². The van der Waals surface area contributed by atoms with Crippen LogP contribution in [0.1, 0.15) is 52.8 Å². The van der Waals surface area contributed by atoms with Crippen molar-refractivity contribution < 1.29 is 14.3 Å². The number of rotatable bonds is 5. The van der Waals surface area contributed by atoms with Crippen molar-refractivity contribution in [1.29, 1.82) is 0 Å². The van der Waals surface area contributed by atoms with Crippen LogP contribution >= 0.6 is 11.3 Å². The molecule has 1 saturated heterocycles. The smallest absolute Gasteiger partial charge is 0.341 e. The zero-order valence-corrected chi connectivity index (χ0v) is 15.7. The number of hydrogen-bond donors (Lipinski definition) is 2. The average Bonchev–Trinajstić information content (AvgIpc) is 2.82. The fourth-order valence-electron chi connectivity index (χ4n) is 3.50. The number of piperidine rings is 1. The summed E-state index contributed by atoms with van der Waals surface area (Å²) in [4.78, 5) is 27.4. The van der Waals surface area contributed by atoms with Crippen molar-refractivity contribution in [2.45, 2.75) is 33.7 Å². The van der Waals surface area contributed by atoms with Crippen LogP contribution in [0.25, 0.3) is 0 Å². The highest BCUT2D eigenvalue weighted by atomic mass is 32.1. The monoisotopic (exact) mass is 353 g/mol. The van der Waals surface area contributed by atoms with Crippen LogP contribution in [0, 0.1) is 11.8 Å². The Morgan fingerprint density at radius 2 is 1.96 bits per heavy atom. The minimum absolute atomic E-state index is 0.213. The van der Waals surface area contributed by atoms with E-state index >= 15 is 0 Å². The van der Waals surface area contributed by atoms with Crippen molar-refractivity contribution >= 4 is 28.2 Å². The van der Waals surface area contributed by atoms with E-state index < -0.39 is 5.97 Å². The normalized spacial score (nSPS) is 21.5. The standard InChI is InChI=1S/C17H27N3O3S/c1-5-23-17(22)13-12(14(16(21)19-4)24-15(13)18)9-20-7-10(2)6-11(3)8-20/h10-11H,5-9,18H2,1-4H3,(H,19,21)/t10-,11-/m0/s1. The third-order valence-corrected chi connectivity index (χ3v) is 5.33. The van der Waals surface area contributed by atoms with E-state index in [2.05, 4.69) is 24.1 Å². The van der Waals surface area contributed by atoms with Crippen LogP contribution < -0.4 is 11.1 Å². The average molecular weight is 353 g/mol. The molecule has 2 atom stereocenters. The van der Waals surface area contributed by atoms with Gasteiger partial charge in [0.1, 0.15) is 5.00 Å². The minimum atomic E-state index is -0.450. The summed E-state index contributed by atoms with van der Waals surface area (Å²) in [6.45, 7) is 8.95. The molecule has 1 aromatic heterocycles. The van der Waals surface area contributed by atoms with E-state index in [0.29, 0.717) is 39.4 Å². The number of likely N-dealkylation sites (tertiary alicyclic amines) is 1. The Kier molecular flexibility index (Phi) is 6.23. The van der Waals surface area contributed by atoms with E-state index in [1.54, 1.807) is 14.0 Å². The van der Waals surface area contributed by atoms with Gasteiger partial charge in [-0.05, 0) is 25.2 Å². The van der Waals surface area contributed by atoms with Crippen molar-refractivity contribution in [3.05, 3.63) is 16.0 Å². The Morgan fingerprint density at radius 1 is 1.33 bits per heavy atom. The quantitative estimate of drug-likeness (QED) is 0.794. The Balaban J connectivity index is 2.37. The van der Waals surface area contributed by atoms with Gasteiger partial charge in [0.15, 0.2) is 0 Å². The predicted octanol–water partition coefficient (Wildman–Crippen LogP) is 2.34. The second kappa shape index (κ2) is 7.98. The van der Waals surface area contributed by atoms with Gasteiger partial charge in [0, 0.05) is 32.2 Å². The molecule has 24 heavy (non-hydrogen) atoms. The van der Waals surface area contributed by atoms with E-state index in [0.717, 1.165) is 24.4 Å². The van der Waals surface area contributed by atoms with Crippen LogP contribution in [0.2, 0.25) is 0 Å². The van der Waals surface area contributed by atoms with Gasteiger partial charge in [0.2, 0.25) is 0 Å². The second-order valence-electron chi connectivity index (χ2n) is 6.59. The maximum atomic E-state index is 12.3. The molecule has 0 spiro atoms. The molecule has 0 radical (unpaired) electrons. The number of anilines is 1. The van der Waals surface area contributed by atoms with Gasteiger partial charge in [0.05, 0.1) is 17.0 Å². The van der Waals surface area contributed by atoms with Crippen molar-refractivity contribution in [3.8, 4) is 0 Å². The first-order chi connectivity index (χ1) is 11.4. The fraction of sp³-hybridized carbons (Fsp3) is 0.647. The number of amides is 1. The molecule has 1 aliphatic heterocycles. The molecule has 0 saturated carbocycles. The van der Waals surface area contributed by atoms with Crippen molar-refractivity contribution in [3.63, 3.8) is 0 Å². The highest BCUT2D eigenvalue weighted by molar-refractivity contribution is 7.18. The number of hydrogen-bond acceptors (Lipinski definition) is 6. The van der Waals surface area contributed by atoms with Crippen LogP contribution in [-0.4, -0.2) is 43.5 Å². The first kappa shape index (κ1) is 18.7. The molecule has 2 heterocycles. The van der Waals surface area contributed by atoms with E-state index in [1.807, 2.05) is 0 Å². The molecule has 1 amide bonds. The number of nitrogens with zero attached hydrogens (tertiary/aromatic N) is 1. The lowest BCUT2D eigenvalue weighted by molar-refractivity contribution is 0.0524. The summed E-state index contributed by atoms with van der Waals surface area (Å²) in [6, 6.07) is 0. The number of esters is 1. The minimum Gasteiger partial charge on any atom is -0.462 e. The molecule has 3 N–H and O–H groups in total. The highest BCUT2D eigenvalue weighted by Gasteiger charge is 2.30. The van der Waals surface area contributed by atoms with E-state index in [-0.39, 0.29) is 12.5 Å². The molecule has 1 aromatic rings. The number of thiophene rings is 1. The molecular formula is C17H27N3O3S. The molecule has 7 heteroatoms. The van der Waals surface area contributed by atoms with Gasteiger partial charge in [-0.2, -0.15) is 0 Å². The first-order valence-electron chi connectivity index (χ1n) is 8.40. The van der Waals surface area contributed by atoms with Crippen LogP contribution in [0.15, 0.2) is 0 Å². The summed E-state index contributed by atoms with van der Waals surface area (Å²) in [7, 11) is 1.58. The molecule has 134 valence electrons. The van der Waals surface area contributed by atoms with Gasteiger partial charge in [-0.1, -0.05) is 13.8 Å². The Labute approximate surface area is 147 Å². The van der Waals surface area contributed by atoms with Gasteiger partial charge < -0.3 is 15.8 Å². The molecule has 0 unspecified atom stereocenters. The van der Waals surface area contributed by atoms with Gasteiger partial charge in [-0.25, -0.2) is 4.79 Å². The number of nitrogens with two attached hydrogens (primary N) is 1. The molecule has 2 rings (SSSR count). The molecule has 0 aromatic carbocycles. The third kappa shape index (κ3) is 4.08. The Hall–Kier alpha value is -1.60. The first-order valence-corrected chi connectivity index (χ1v) is 9.21. The number of ether oxygens (including phenoxy) is 1. The van der Waals surface area contributed by atoms with Gasteiger partial charge in [0.25, 0.3) is 5.91 Å². The number of nitrogens with one attached hydrogen (secondary N) is 1. The Bertz CT molecular complexity index is 604. The number of carbonyl (C=O) groups excluding carboxylic acids is 2. The SMILES string of the molecule is CCOC(=O)c1c(N)sc(C(=O)NC)c1CN1C[C@@H](C)C[C@H](C)C1. The molecule has 1 fully saturated rings. The molecule has 6 nitrogen and oxygen atoms in total. The Morgan fingerprint density at radius 3 is 2.50 bits per heavy atom. The second-order valence-corrected chi connectivity index (χ2v) is 7.64. The maximum absolute atomic E-state index is 12.3. The van der Waals surface area contributed by atoms with E-state index in [4.69, 9.17) is 10.5 Å². The number of nitrogen functional groups attached to an aromatic ring is 1. The van der Waals surface area contributed by atoms with Crippen molar-refractivity contribution in [1.82, 2.24) is 10.2 Å². The fourth-order valence-corrected chi connectivity index (χ4v) is 4.52. The lowest BCUT2D eigenvalue weighted by Crippen LogP contribution is -2.38. The summed E-state index contributed by atoms with van der Waals surface area (Å²) in [5, 5.41) is 2.98.